The van der Waals surface area contributed by atoms with Crippen molar-refractivity contribution in [2.45, 2.75) is 0 Å². The van der Waals surface area contributed by atoms with Crippen molar-refractivity contribution in [2.75, 3.05) is 32.9 Å². The van der Waals surface area contributed by atoms with Gasteiger partial charge in [-0.2, -0.15) is 0 Å². The maximum Gasteiger partial charge on any atom is 0.317 e. The van der Waals surface area contributed by atoms with Gasteiger partial charge in [0.1, 0.15) is 6.73 Å². The first-order valence-electron chi connectivity index (χ1n) is 4.78. The van der Waals surface area contributed by atoms with Crippen LogP contribution in [0.2, 0.25) is 0 Å². The molecule has 0 atom stereocenters. The number of nitrogens with zero attached hydrogens (tertiary/aromatic N) is 3. The van der Waals surface area contributed by atoms with Crippen LogP contribution in [0.4, 0.5) is 0 Å². The van der Waals surface area contributed by atoms with Gasteiger partial charge in [0.2, 0.25) is 0 Å². The van der Waals surface area contributed by atoms with E-state index in [1.807, 2.05) is 0 Å². The minimum Gasteiger partial charge on any atom is -0.447 e. The highest BCUT2D eigenvalue weighted by molar-refractivity contribution is 4.92. The van der Waals surface area contributed by atoms with Gasteiger partial charge >= 0.3 is 6.01 Å². The fourth-order valence-electron chi connectivity index (χ4n) is 1.35. The lowest BCUT2D eigenvalue weighted by molar-refractivity contribution is 0.105. The molecule has 2 rings (SSSR count). The minimum atomic E-state index is 0.450. The Labute approximate surface area is 83.1 Å². The topological polar surface area (TPSA) is 50.3 Å². The molecule has 1 aliphatic heterocycles. The number of piperazine rings is 1. The molecule has 5 nitrogen and oxygen atoms in total. The van der Waals surface area contributed by atoms with Crippen LogP contribution >= 0.6 is 0 Å². The van der Waals surface area contributed by atoms with Crippen LogP contribution in [-0.2, 0) is 0 Å². The summed E-state index contributed by atoms with van der Waals surface area (Å²) in [5, 5.41) is 3.28. The van der Waals surface area contributed by atoms with Crippen molar-refractivity contribution >= 4 is 0 Å². The van der Waals surface area contributed by atoms with Crippen LogP contribution < -0.4 is 10.1 Å². The predicted octanol–water partition coefficient (Wildman–Crippen LogP) is -0.282. The van der Waals surface area contributed by atoms with Crippen molar-refractivity contribution in [3.8, 4) is 6.01 Å². The zero-order chi connectivity index (χ0) is 9.64. The lowest BCUT2D eigenvalue weighted by atomic mass is 10.4. The van der Waals surface area contributed by atoms with E-state index < -0.39 is 0 Å². The van der Waals surface area contributed by atoms with Crippen molar-refractivity contribution in [3.63, 3.8) is 0 Å². The first-order valence-corrected chi connectivity index (χ1v) is 4.78. The van der Waals surface area contributed by atoms with E-state index in [0.29, 0.717) is 12.7 Å². The average molecular weight is 194 g/mol. The van der Waals surface area contributed by atoms with Gasteiger partial charge in [-0.25, -0.2) is 9.97 Å². The first-order chi connectivity index (χ1) is 6.95. The van der Waals surface area contributed by atoms with Crippen molar-refractivity contribution in [2.24, 2.45) is 0 Å². The second-order valence-electron chi connectivity index (χ2n) is 3.17. The molecule has 0 aliphatic carbocycles. The van der Waals surface area contributed by atoms with Crippen molar-refractivity contribution in [1.82, 2.24) is 20.2 Å². The highest BCUT2D eigenvalue weighted by atomic mass is 16.5. The molecule has 1 N–H and O–H groups in total. The summed E-state index contributed by atoms with van der Waals surface area (Å²) in [6, 6.07) is 2.23. The van der Waals surface area contributed by atoms with Crippen LogP contribution in [-0.4, -0.2) is 47.8 Å². The van der Waals surface area contributed by atoms with Crippen molar-refractivity contribution in [3.05, 3.63) is 18.5 Å². The Hall–Kier alpha value is -1.20. The fraction of sp³-hybridized carbons (Fsp3) is 0.556. The van der Waals surface area contributed by atoms with Crippen LogP contribution in [0.5, 0.6) is 6.01 Å². The molecule has 0 unspecified atom stereocenters. The molecule has 0 aromatic carbocycles. The fourth-order valence-corrected chi connectivity index (χ4v) is 1.35. The molecule has 1 aliphatic rings. The molecule has 0 saturated carbocycles. The Balaban J connectivity index is 1.76. The smallest absolute Gasteiger partial charge is 0.317 e. The zero-order valence-electron chi connectivity index (χ0n) is 8.02. The van der Waals surface area contributed by atoms with Crippen LogP contribution in [0.1, 0.15) is 0 Å². The zero-order valence-corrected chi connectivity index (χ0v) is 8.02. The van der Waals surface area contributed by atoms with Gasteiger partial charge in [-0.1, -0.05) is 0 Å². The van der Waals surface area contributed by atoms with Gasteiger partial charge in [-0.05, 0) is 6.07 Å². The quantitative estimate of drug-likeness (QED) is 0.717. The molecule has 1 fully saturated rings. The van der Waals surface area contributed by atoms with Crippen LogP contribution in [0.3, 0.4) is 0 Å². The lowest BCUT2D eigenvalue weighted by Gasteiger charge is -2.26. The second kappa shape index (κ2) is 4.88. The van der Waals surface area contributed by atoms with E-state index in [-0.39, 0.29) is 0 Å². The molecular formula is C9H14N4O. The number of aromatic nitrogens is 2. The number of hydrogen-bond acceptors (Lipinski definition) is 5. The van der Waals surface area contributed by atoms with Crippen molar-refractivity contribution < 1.29 is 4.74 Å². The molecule has 14 heavy (non-hydrogen) atoms. The lowest BCUT2D eigenvalue weighted by Crippen LogP contribution is -2.45. The van der Waals surface area contributed by atoms with Gasteiger partial charge in [0.25, 0.3) is 0 Å². The number of ether oxygens (including phenoxy) is 1. The Morgan fingerprint density at radius 3 is 2.71 bits per heavy atom. The minimum absolute atomic E-state index is 0.450. The molecule has 1 saturated heterocycles. The highest BCUT2D eigenvalue weighted by Gasteiger charge is 2.09. The summed E-state index contributed by atoms with van der Waals surface area (Å²) in [5.74, 6) is 0. The van der Waals surface area contributed by atoms with Gasteiger partial charge in [0, 0.05) is 38.6 Å². The number of nitrogens with one attached hydrogen (secondary N) is 1. The van der Waals surface area contributed by atoms with Crippen LogP contribution in [0, 0.1) is 0 Å². The Kier molecular flexibility index (Phi) is 3.26. The van der Waals surface area contributed by atoms with Gasteiger partial charge in [-0.3, -0.25) is 4.90 Å². The summed E-state index contributed by atoms with van der Waals surface area (Å²) >= 11 is 0. The van der Waals surface area contributed by atoms with Crippen LogP contribution in [0.25, 0.3) is 0 Å². The molecule has 5 heteroatoms. The normalized spacial score (nSPS) is 18.0. The molecule has 1 aromatic rings. The molecule has 0 radical (unpaired) electrons. The summed E-state index contributed by atoms with van der Waals surface area (Å²) in [7, 11) is 0. The monoisotopic (exact) mass is 194 g/mol. The Morgan fingerprint density at radius 2 is 2.00 bits per heavy atom. The van der Waals surface area contributed by atoms with Crippen molar-refractivity contribution in [1.29, 1.82) is 0 Å². The largest absolute Gasteiger partial charge is 0.447 e. The Morgan fingerprint density at radius 1 is 1.29 bits per heavy atom. The van der Waals surface area contributed by atoms with Gasteiger partial charge in [0.15, 0.2) is 0 Å². The third kappa shape index (κ3) is 2.65. The molecular weight excluding hydrogens is 180 g/mol. The summed E-state index contributed by atoms with van der Waals surface area (Å²) in [5.41, 5.74) is 0. The number of hydrogen-bond donors (Lipinski definition) is 1. The predicted molar refractivity (Wildman–Crippen MR) is 52.0 cm³/mol. The SMILES string of the molecule is c1cnc(OCN2CCNCC2)nc1. The number of rotatable bonds is 3. The molecule has 0 bridgehead atoms. The summed E-state index contributed by atoms with van der Waals surface area (Å²) in [6.07, 6.45) is 3.36. The molecule has 2 heterocycles. The van der Waals surface area contributed by atoms with Crippen LogP contribution in [0.15, 0.2) is 18.5 Å². The maximum absolute atomic E-state index is 5.42. The molecule has 0 amide bonds. The van der Waals surface area contributed by atoms with E-state index in [2.05, 4.69) is 20.2 Å². The first kappa shape index (κ1) is 9.36. The standard InChI is InChI=1S/C9H14N4O/c1-2-11-9(12-3-1)14-8-13-6-4-10-5-7-13/h1-3,10H,4-8H2. The maximum atomic E-state index is 5.42. The summed E-state index contributed by atoms with van der Waals surface area (Å²) in [4.78, 5) is 10.2. The molecule has 0 spiro atoms. The van der Waals surface area contributed by atoms with E-state index in [0.717, 1.165) is 26.2 Å². The van der Waals surface area contributed by atoms with E-state index in [1.54, 1.807) is 18.5 Å². The van der Waals surface area contributed by atoms with E-state index >= 15 is 0 Å². The van der Waals surface area contributed by atoms with Gasteiger partial charge in [-0.15, -0.1) is 0 Å². The van der Waals surface area contributed by atoms with E-state index in [1.165, 1.54) is 0 Å². The highest BCUT2D eigenvalue weighted by Crippen LogP contribution is 1.99. The van der Waals surface area contributed by atoms with Gasteiger partial charge < -0.3 is 10.1 Å². The third-order valence-electron chi connectivity index (χ3n) is 2.13. The summed E-state index contributed by atoms with van der Waals surface area (Å²) in [6.45, 7) is 4.67. The summed E-state index contributed by atoms with van der Waals surface area (Å²) < 4.78 is 5.42. The molecule has 76 valence electrons. The van der Waals surface area contributed by atoms with E-state index in [9.17, 15) is 0 Å². The average Bonchev–Trinajstić information content (AvgIpc) is 2.29. The molecule has 1 aromatic heterocycles. The Bertz CT molecular complexity index is 261. The van der Waals surface area contributed by atoms with Gasteiger partial charge in [0.05, 0.1) is 0 Å². The third-order valence-corrected chi connectivity index (χ3v) is 2.13. The van der Waals surface area contributed by atoms with E-state index in [4.69, 9.17) is 4.74 Å². The second-order valence-corrected chi connectivity index (χ2v) is 3.17.